The van der Waals surface area contributed by atoms with Crippen molar-refractivity contribution in [2.24, 2.45) is 0 Å². The predicted molar refractivity (Wildman–Crippen MR) is 81.5 cm³/mol. The molecule has 0 bridgehead atoms. The zero-order chi connectivity index (χ0) is 17.2. The molecule has 0 radical (unpaired) electrons. The average Bonchev–Trinajstić information content (AvgIpc) is 2.50. The van der Waals surface area contributed by atoms with Crippen molar-refractivity contribution >= 4 is 15.8 Å². The second-order valence-electron chi connectivity index (χ2n) is 5.08. The molecule has 0 aliphatic rings. The molecule has 0 heterocycles. The van der Waals surface area contributed by atoms with Crippen LogP contribution in [0.25, 0.3) is 0 Å². The molecule has 0 spiro atoms. The van der Waals surface area contributed by atoms with Crippen molar-refractivity contribution in [2.45, 2.75) is 18.4 Å². The molecule has 0 saturated heterocycles. The van der Waals surface area contributed by atoms with E-state index in [2.05, 4.69) is 0 Å². The maximum atomic E-state index is 13.7. The second kappa shape index (κ2) is 6.55. The third-order valence-corrected chi connectivity index (χ3v) is 5.16. The Morgan fingerprint density at radius 3 is 2.43 bits per heavy atom. The monoisotopic (exact) mass is 339 g/mol. The number of ketones is 1. The molecular weight excluding hydrogens is 324 g/mol. The van der Waals surface area contributed by atoms with Crippen LogP contribution in [0.5, 0.6) is 0 Å². The fourth-order valence-electron chi connectivity index (χ4n) is 2.03. The smallest absolute Gasteiger partial charge is 0.243 e. The number of Topliss-reactive ketones (excluding diaryl/α,β-unsaturated/α-hetero) is 1. The molecule has 0 saturated carbocycles. The lowest BCUT2D eigenvalue weighted by Gasteiger charge is -2.18. The van der Waals surface area contributed by atoms with Gasteiger partial charge in [-0.3, -0.25) is 4.79 Å². The summed E-state index contributed by atoms with van der Waals surface area (Å²) in [5, 5.41) is 0. The van der Waals surface area contributed by atoms with Gasteiger partial charge >= 0.3 is 0 Å². The number of carbonyl (C=O) groups is 1. The number of hydrogen-bond acceptors (Lipinski definition) is 3. The summed E-state index contributed by atoms with van der Waals surface area (Å²) in [6.07, 6.45) is 0. The van der Waals surface area contributed by atoms with Gasteiger partial charge in [0.2, 0.25) is 10.0 Å². The highest BCUT2D eigenvalue weighted by Crippen LogP contribution is 2.20. The molecule has 0 N–H and O–H groups in total. The molecule has 2 aromatic carbocycles. The van der Waals surface area contributed by atoms with Gasteiger partial charge in [0.25, 0.3) is 0 Å². The number of sulfonamides is 1. The third-order valence-electron chi connectivity index (χ3n) is 3.36. The van der Waals surface area contributed by atoms with Gasteiger partial charge in [-0.1, -0.05) is 18.2 Å². The number of carbonyl (C=O) groups excluding carboxylic acids is 1. The minimum Gasteiger partial charge on any atom is -0.295 e. The standard InChI is InChI=1S/C16H15F2NO3S/c1-11(20)12-4-3-5-15(8-12)23(21,22)19(2)10-13-6-7-14(17)9-16(13)18/h3-9H,10H2,1-2H3. The Balaban J connectivity index is 2.31. The van der Waals surface area contributed by atoms with Gasteiger partial charge in [0.15, 0.2) is 5.78 Å². The van der Waals surface area contributed by atoms with Crippen LogP contribution in [-0.2, 0) is 16.6 Å². The van der Waals surface area contributed by atoms with Crippen molar-refractivity contribution in [3.63, 3.8) is 0 Å². The normalized spacial score (nSPS) is 11.7. The number of halogens is 2. The average molecular weight is 339 g/mol. The van der Waals surface area contributed by atoms with Crippen LogP contribution in [0.2, 0.25) is 0 Å². The van der Waals surface area contributed by atoms with Gasteiger partial charge in [0.1, 0.15) is 11.6 Å². The molecule has 2 aromatic rings. The molecule has 4 nitrogen and oxygen atoms in total. The molecule has 0 fully saturated rings. The first-order chi connectivity index (χ1) is 10.7. The Kier molecular flexibility index (Phi) is 4.91. The van der Waals surface area contributed by atoms with Gasteiger partial charge in [-0.25, -0.2) is 17.2 Å². The maximum absolute atomic E-state index is 13.7. The molecule has 0 aliphatic carbocycles. The van der Waals surface area contributed by atoms with Crippen LogP contribution in [0.4, 0.5) is 8.78 Å². The highest BCUT2D eigenvalue weighted by atomic mass is 32.2. The van der Waals surface area contributed by atoms with Crippen LogP contribution >= 0.6 is 0 Å². The molecule has 23 heavy (non-hydrogen) atoms. The topological polar surface area (TPSA) is 54.5 Å². The molecule has 0 aromatic heterocycles. The van der Waals surface area contributed by atoms with Crippen LogP contribution in [0.15, 0.2) is 47.4 Å². The molecule has 0 amide bonds. The van der Waals surface area contributed by atoms with Gasteiger partial charge in [-0.15, -0.1) is 0 Å². The fraction of sp³-hybridized carbons (Fsp3) is 0.188. The van der Waals surface area contributed by atoms with Crippen LogP contribution in [0, 0.1) is 11.6 Å². The van der Waals surface area contributed by atoms with Gasteiger partial charge in [0.05, 0.1) is 4.90 Å². The Labute approximate surface area is 133 Å². The van der Waals surface area contributed by atoms with Crippen LogP contribution < -0.4 is 0 Å². The summed E-state index contributed by atoms with van der Waals surface area (Å²) in [6.45, 7) is 1.09. The van der Waals surface area contributed by atoms with Gasteiger partial charge in [0, 0.05) is 30.8 Å². The Morgan fingerprint density at radius 2 is 1.83 bits per heavy atom. The van der Waals surface area contributed by atoms with E-state index in [0.717, 1.165) is 10.4 Å². The summed E-state index contributed by atoms with van der Waals surface area (Å²) in [4.78, 5) is 11.3. The van der Waals surface area contributed by atoms with E-state index >= 15 is 0 Å². The van der Waals surface area contributed by atoms with Crippen LogP contribution in [0.1, 0.15) is 22.8 Å². The van der Waals surface area contributed by atoms with Crippen molar-refractivity contribution in [1.29, 1.82) is 0 Å². The summed E-state index contributed by atoms with van der Waals surface area (Å²) < 4.78 is 52.5. The predicted octanol–water partition coefficient (Wildman–Crippen LogP) is 2.99. The fourth-order valence-corrected chi connectivity index (χ4v) is 3.23. The molecule has 0 atom stereocenters. The van der Waals surface area contributed by atoms with Gasteiger partial charge < -0.3 is 0 Å². The Morgan fingerprint density at radius 1 is 1.13 bits per heavy atom. The number of hydrogen-bond donors (Lipinski definition) is 0. The third kappa shape index (κ3) is 3.80. The lowest BCUT2D eigenvalue weighted by molar-refractivity contribution is 0.101. The first-order valence-electron chi connectivity index (χ1n) is 6.73. The molecule has 7 heteroatoms. The highest BCUT2D eigenvalue weighted by molar-refractivity contribution is 7.89. The molecule has 2 rings (SSSR count). The van der Waals surface area contributed by atoms with E-state index in [1.54, 1.807) is 0 Å². The van der Waals surface area contributed by atoms with E-state index in [0.29, 0.717) is 6.07 Å². The first-order valence-corrected chi connectivity index (χ1v) is 8.17. The molecular formula is C16H15F2NO3S. The molecule has 0 aliphatic heterocycles. The lowest BCUT2D eigenvalue weighted by atomic mass is 10.2. The van der Waals surface area contributed by atoms with E-state index in [4.69, 9.17) is 0 Å². The van der Waals surface area contributed by atoms with Crippen molar-refractivity contribution in [3.8, 4) is 0 Å². The van der Waals surface area contributed by atoms with E-state index in [9.17, 15) is 22.0 Å². The lowest BCUT2D eigenvalue weighted by Crippen LogP contribution is -2.27. The van der Waals surface area contributed by atoms with E-state index in [1.807, 2.05) is 0 Å². The van der Waals surface area contributed by atoms with Crippen LogP contribution in [0.3, 0.4) is 0 Å². The minimum atomic E-state index is -3.90. The second-order valence-corrected chi connectivity index (χ2v) is 7.13. The number of nitrogens with zero attached hydrogens (tertiary/aromatic N) is 1. The Hall–Kier alpha value is -2.12. The minimum absolute atomic E-state index is 0.0557. The SMILES string of the molecule is CC(=O)c1cccc(S(=O)(=O)N(C)Cc2ccc(F)cc2F)c1. The van der Waals surface area contributed by atoms with Gasteiger partial charge in [-0.05, 0) is 25.1 Å². The van der Waals surface area contributed by atoms with Gasteiger partial charge in [-0.2, -0.15) is 4.31 Å². The van der Waals surface area contributed by atoms with Crippen molar-refractivity contribution < 1.29 is 22.0 Å². The number of benzene rings is 2. The van der Waals surface area contributed by atoms with E-state index in [-0.39, 0.29) is 28.4 Å². The van der Waals surface area contributed by atoms with Crippen molar-refractivity contribution in [3.05, 3.63) is 65.2 Å². The highest BCUT2D eigenvalue weighted by Gasteiger charge is 2.22. The maximum Gasteiger partial charge on any atom is 0.243 e. The first kappa shape index (κ1) is 17.2. The number of rotatable bonds is 5. The molecule has 0 unspecified atom stereocenters. The van der Waals surface area contributed by atoms with Crippen molar-refractivity contribution in [2.75, 3.05) is 7.05 Å². The van der Waals surface area contributed by atoms with E-state index < -0.39 is 21.7 Å². The van der Waals surface area contributed by atoms with E-state index in [1.165, 1.54) is 44.3 Å². The molecule has 122 valence electrons. The zero-order valence-corrected chi connectivity index (χ0v) is 13.4. The quantitative estimate of drug-likeness (QED) is 0.787. The summed E-state index contributed by atoms with van der Waals surface area (Å²) in [5.74, 6) is -1.80. The summed E-state index contributed by atoms with van der Waals surface area (Å²) in [5.41, 5.74) is 0.327. The summed E-state index contributed by atoms with van der Waals surface area (Å²) >= 11 is 0. The summed E-state index contributed by atoms with van der Waals surface area (Å²) in [7, 11) is -2.61. The Bertz CT molecular complexity index is 850. The van der Waals surface area contributed by atoms with Crippen LogP contribution in [-0.4, -0.2) is 25.6 Å². The summed E-state index contributed by atoms with van der Waals surface area (Å²) in [6, 6.07) is 8.58. The zero-order valence-electron chi connectivity index (χ0n) is 12.6. The van der Waals surface area contributed by atoms with Crippen molar-refractivity contribution in [1.82, 2.24) is 4.31 Å². The largest absolute Gasteiger partial charge is 0.295 e.